The minimum Gasteiger partial charge on any atom is -0.495 e. The molecule has 0 spiro atoms. The molecule has 1 aromatic heterocycles. The lowest BCUT2D eigenvalue weighted by Gasteiger charge is -2.38. The van der Waals surface area contributed by atoms with E-state index in [0.717, 1.165) is 11.3 Å². The molecule has 2 heterocycles. The number of allylic oxidation sites excluding steroid dienone is 3. The van der Waals surface area contributed by atoms with E-state index in [9.17, 15) is 14.9 Å². The Morgan fingerprint density at radius 1 is 1.22 bits per heavy atom. The van der Waals surface area contributed by atoms with E-state index in [1.807, 2.05) is 30.3 Å². The van der Waals surface area contributed by atoms with E-state index in [0.29, 0.717) is 62.1 Å². The second-order valence-corrected chi connectivity index (χ2v) is 11.7. The lowest BCUT2D eigenvalue weighted by molar-refractivity contribution is -0.116. The highest BCUT2D eigenvalue weighted by Gasteiger charge is 2.41. The van der Waals surface area contributed by atoms with Gasteiger partial charge < -0.3 is 20.5 Å². The molecule has 210 valence electrons. The summed E-state index contributed by atoms with van der Waals surface area (Å²) >= 11 is 8.63. The molecule has 2 aliphatic rings. The molecule has 10 nitrogen and oxygen atoms in total. The van der Waals surface area contributed by atoms with Gasteiger partial charge in [-0.1, -0.05) is 65.0 Å². The van der Waals surface area contributed by atoms with Gasteiger partial charge in [0, 0.05) is 23.8 Å². The van der Waals surface area contributed by atoms with Gasteiger partial charge in [-0.25, -0.2) is 0 Å². The summed E-state index contributed by atoms with van der Waals surface area (Å²) in [6, 6.07) is 14.8. The molecule has 0 saturated heterocycles. The minimum atomic E-state index is -0.533. The zero-order valence-corrected chi connectivity index (χ0v) is 24.5. The number of nitriles is 1. The summed E-state index contributed by atoms with van der Waals surface area (Å²) in [5, 5.41) is 22.2. The van der Waals surface area contributed by atoms with Crippen LogP contribution in [0.4, 0.5) is 10.8 Å². The van der Waals surface area contributed by atoms with Gasteiger partial charge in [0.2, 0.25) is 11.0 Å². The van der Waals surface area contributed by atoms with Crippen molar-refractivity contribution in [2.45, 2.75) is 29.5 Å². The van der Waals surface area contributed by atoms with Gasteiger partial charge >= 0.3 is 0 Å². The molecule has 41 heavy (non-hydrogen) atoms. The van der Waals surface area contributed by atoms with Crippen molar-refractivity contribution in [2.24, 2.45) is 5.73 Å². The molecule has 2 aromatic carbocycles. The number of hydrogen-bond acceptors (Lipinski definition) is 11. The van der Waals surface area contributed by atoms with Crippen LogP contribution in [-0.2, 0) is 9.59 Å². The zero-order chi connectivity index (χ0) is 29.1. The molecule has 1 atom stereocenters. The topological polar surface area (TPSA) is 143 Å². The Balaban J connectivity index is 1.38. The maximum Gasteiger partial charge on any atom is 0.234 e. The summed E-state index contributed by atoms with van der Waals surface area (Å²) in [7, 11) is 2.97. The number of halogens is 1. The fourth-order valence-electron chi connectivity index (χ4n) is 4.91. The highest BCUT2D eigenvalue weighted by atomic mass is 35.5. The molecule has 1 aliphatic heterocycles. The molecule has 1 unspecified atom stereocenters. The highest BCUT2D eigenvalue weighted by Crippen LogP contribution is 2.47. The number of nitrogens with zero attached hydrogens (tertiary/aromatic N) is 4. The average molecular weight is 609 g/mol. The van der Waals surface area contributed by atoms with E-state index in [1.54, 1.807) is 17.0 Å². The van der Waals surface area contributed by atoms with Crippen LogP contribution in [0.15, 0.2) is 69.5 Å². The third-order valence-corrected chi connectivity index (χ3v) is 9.05. The molecular weight excluding hydrogens is 584 g/mol. The van der Waals surface area contributed by atoms with Gasteiger partial charge in [-0.15, -0.1) is 10.2 Å². The first-order chi connectivity index (χ1) is 19.9. The number of aromatic nitrogens is 2. The number of carbonyl (C=O) groups excluding carboxylic acids is 2. The number of nitrogens with two attached hydrogens (primary N) is 1. The zero-order valence-electron chi connectivity index (χ0n) is 22.1. The van der Waals surface area contributed by atoms with Crippen LogP contribution >= 0.6 is 34.7 Å². The van der Waals surface area contributed by atoms with Crippen molar-refractivity contribution in [1.29, 1.82) is 5.26 Å². The number of Topliss-reactive ketones (excluding diaryl/α,β-unsaturated/α-hetero) is 1. The Bertz CT molecular complexity index is 1620. The Morgan fingerprint density at radius 3 is 2.68 bits per heavy atom. The van der Waals surface area contributed by atoms with Gasteiger partial charge in [0.05, 0.1) is 48.2 Å². The first kappa shape index (κ1) is 28.5. The van der Waals surface area contributed by atoms with Gasteiger partial charge in [-0.3, -0.25) is 14.5 Å². The molecule has 3 N–H and O–H groups in total. The minimum absolute atomic E-state index is 0.00444. The SMILES string of the molecule is COc1cc(OC)c(NC(=O)CSc2nnc(N3C(N)=C(C#N)C(c4ccccc4)C4=C3CCCC4=O)s2)cc1Cl. The predicted octanol–water partition coefficient (Wildman–Crippen LogP) is 5.24. The fourth-order valence-corrected chi connectivity index (χ4v) is 6.83. The summed E-state index contributed by atoms with van der Waals surface area (Å²) < 4.78 is 11.1. The van der Waals surface area contributed by atoms with Crippen LogP contribution in [0, 0.1) is 11.3 Å². The Hall–Kier alpha value is -4.05. The number of ether oxygens (including phenoxy) is 2. The lowest BCUT2D eigenvalue weighted by atomic mass is 9.76. The third kappa shape index (κ3) is 5.61. The number of carbonyl (C=O) groups is 2. The number of anilines is 2. The van der Waals surface area contributed by atoms with Gasteiger partial charge in [0.1, 0.15) is 17.3 Å². The van der Waals surface area contributed by atoms with Crippen LogP contribution < -0.4 is 25.4 Å². The van der Waals surface area contributed by atoms with E-state index in [4.69, 9.17) is 26.8 Å². The van der Waals surface area contributed by atoms with Crippen LogP contribution in [0.1, 0.15) is 30.7 Å². The number of rotatable bonds is 8. The quantitative estimate of drug-likeness (QED) is 0.326. The van der Waals surface area contributed by atoms with Crippen molar-refractivity contribution in [3.05, 3.63) is 75.7 Å². The van der Waals surface area contributed by atoms with E-state index < -0.39 is 5.92 Å². The standard InChI is InChI=1S/C28H25ClN6O4S2/c1-38-21-12-22(39-2)18(11-17(21)29)32-23(37)14-40-28-34-33-27(41-28)35-19-9-6-10-20(36)25(19)24(16(13-30)26(35)31)15-7-4-3-5-8-15/h3-5,7-8,11-12,24H,6,9-10,14,31H2,1-2H3,(H,32,37). The van der Waals surface area contributed by atoms with Crippen LogP contribution in [0.3, 0.4) is 0 Å². The average Bonchev–Trinajstić information content (AvgIpc) is 3.44. The molecule has 0 saturated carbocycles. The second-order valence-electron chi connectivity index (χ2n) is 9.10. The van der Waals surface area contributed by atoms with Crippen molar-refractivity contribution in [2.75, 3.05) is 30.2 Å². The van der Waals surface area contributed by atoms with E-state index in [1.165, 1.54) is 37.3 Å². The molecule has 3 aromatic rings. The Kier molecular flexibility index (Phi) is 8.49. The van der Waals surface area contributed by atoms with Crippen molar-refractivity contribution in [1.82, 2.24) is 10.2 Å². The molecule has 0 fully saturated rings. The summed E-state index contributed by atoms with van der Waals surface area (Å²) in [6.45, 7) is 0. The number of hydrogen-bond donors (Lipinski definition) is 2. The van der Waals surface area contributed by atoms with Crippen LogP contribution in [-0.4, -0.2) is 41.9 Å². The van der Waals surface area contributed by atoms with Gasteiger partial charge in [0.25, 0.3) is 0 Å². The smallest absolute Gasteiger partial charge is 0.234 e. The van der Waals surface area contributed by atoms with Crippen LogP contribution in [0.2, 0.25) is 5.02 Å². The largest absolute Gasteiger partial charge is 0.495 e. The molecule has 13 heteroatoms. The number of amides is 1. The number of thioether (sulfide) groups is 1. The van der Waals surface area contributed by atoms with Gasteiger partial charge in [-0.05, 0) is 24.5 Å². The number of methoxy groups -OCH3 is 2. The molecule has 1 aliphatic carbocycles. The first-order valence-corrected chi connectivity index (χ1v) is 14.7. The molecular formula is C28H25ClN6O4S2. The Labute approximate surface area is 249 Å². The number of nitrogens with one attached hydrogen (secondary N) is 1. The monoisotopic (exact) mass is 608 g/mol. The maximum atomic E-state index is 13.2. The highest BCUT2D eigenvalue weighted by molar-refractivity contribution is 8.01. The van der Waals surface area contributed by atoms with Gasteiger partial charge in [-0.2, -0.15) is 5.26 Å². The van der Waals surface area contributed by atoms with E-state index in [2.05, 4.69) is 21.6 Å². The molecule has 0 bridgehead atoms. The molecule has 0 radical (unpaired) electrons. The summed E-state index contributed by atoms with van der Waals surface area (Å²) in [5.74, 6) is 0.259. The Morgan fingerprint density at radius 2 is 1.98 bits per heavy atom. The lowest BCUT2D eigenvalue weighted by Crippen LogP contribution is -2.38. The molecule has 1 amide bonds. The first-order valence-electron chi connectivity index (χ1n) is 12.5. The normalized spacial score (nSPS) is 16.8. The third-order valence-electron chi connectivity index (χ3n) is 6.71. The number of benzene rings is 2. The van der Waals surface area contributed by atoms with E-state index >= 15 is 0 Å². The van der Waals surface area contributed by atoms with Crippen LogP contribution in [0.5, 0.6) is 11.5 Å². The van der Waals surface area contributed by atoms with Gasteiger partial charge in [0.15, 0.2) is 10.1 Å². The summed E-state index contributed by atoms with van der Waals surface area (Å²) in [6.07, 6.45) is 1.69. The number of ketones is 1. The second kappa shape index (κ2) is 12.2. The maximum absolute atomic E-state index is 13.2. The molecule has 5 rings (SSSR count). The van der Waals surface area contributed by atoms with Crippen molar-refractivity contribution in [3.8, 4) is 17.6 Å². The van der Waals surface area contributed by atoms with Crippen molar-refractivity contribution < 1.29 is 19.1 Å². The van der Waals surface area contributed by atoms with E-state index in [-0.39, 0.29) is 23.3 Å². The summed E-state index contributed by atoms with van der Waals surface area (Å²) in [5.41, 5.74) is 9.45. The van der Waals surface area contributed by atoms with Crippen molar-refractivity contribution >= 4 is 57.2 Å². The van der Waals surface area contributed by atoms with Crippen molar-refractivity contribution in [3.63, 3.8) is 0 Å². The summed E-state index contributed by atoms with van der Waals surface area (Å²) in [4.78, 5) is 27.6. The fraction of sp³-hybridized carbons (Fsp3) is 0.250. The predicted molar refractivity (Wildman–Crippen MR) is 158 cm³/mol. The van der Waals surface area contributed by atoms with Crippen LogP contribution in [0.25, 0.3) is 0 Å².